The van der Waals surface area contributed by atoms with Crippen LogP contribution in [0.25, 0.3) is 0 Å². The molecule has 0 saturated carbocycles. The third kappa shape index (κ3) is 3.40. The van der Waals surface area contributed by atoms with Crippen LogP contribution in [0.1, 0.15) is 27.7 Å². The molecule has 0 N–H and O–H groups in total. The van der Waals surface area contributed by atoms with Crippen molar-refractivity contribution < 1.29 is 24.0 Å². The van der Waals surface area contributed by atoms with Crippen LogP contribution in [0.3, 0.4) is 0 Å². The van der Waals surface area contributed by atoms with E-state index in [1.807, 2.05) is 0 Å². The Morgan fingerprint density at radius 3 is 2.18 bits per heavy atom. The van der Waals surface area contributed by atoms with E-state index in [9.17, 15) is 19.7 Å². The number of ether oxygens (including phenoxy) is 2. The molecule has 0 aliphatic rings. The standard InChI is InChI=1S/C10H17NO6/c1-5-16-9(13)10(7(2)3,11(14)15)6-17-8(4)12/h7H,5-6H2,1-4H3. The summed E-state index contributed by atoms with van der Waals surface area (Å²) in [6.07, 6.45) is 0. The zero-order valence-electron chi connectivity index (χ0n) is 10.4. The van der Waals surface area contributed by atoms with Gasteiger partial charge in [0.1, 0.15) is 0 Å². The molecular weight excluding hydrogens is 230 g/mol. The van der Waals surface area contributed by atoms with Crippen LogP contribution in [-0.2, 0) is 19.1 Å². The van der Waals surface area contributed by atoms with E-state index in [-0.39, 0.29) is 6.61 Å². The number of hydrogen-bond donors (Lipinski definition) is 0. The summed E-state index contributed by atoms with van der Waals surface area (Å²) in [7, 11) is 0. The van der Waals surface area contributed by atoms with Gasteiger partial charge in [-0.25, -0.2) is 4.79 Å². The van der Waals surface area contributed by atoms with Crippen molar-refractivity contribution in [2.45, 2.75) is 33.2 Å². The summed E-state index contributed by atoms with van der Waals surface area (Å²) in [4.78, 5) is 32.8. The van der Waals surface area contributed by atoms with Crippen molar-refractivity contribution in [2.75, 3.05) is 13.2 Å². The molecule has 0 aliphatic heterocycles. The molecule has 0 rings (SSSR count). The van der Waals surface area contributed by atoms with Crippen molar-refractivity contribution in [3.05, 3.63) is 10.1 Å². The molecule has 0 radical (unpaired) electrons. The molecule has 0 aromatic heterocycles. The molecule has 17 heavy (non-hydrogen) atoms. The molecule has 1 atom stereocenters. The van der Waals surface area contributed by atoms with E-state index in [0.29, 0.717) is 0 Å². The van der Waals surface area contributed by atoms with Crippen molar-refractivity contribution in [3.63, 3.8) is 0 Å². The van der Waals surface area contributed by atoms with Crippen molar-refractivity contribution >= 4 is 11.9 Å². The second-order valence-electron chi connectivity index (χ2n) is 3.84. The SMILES string of the molecule is CCOC(=O)C(COC(C)=O)(C(C)C)[N+](=O)[O-]. The van der Waals surface area contributed by atoms with Gasteiger partial charge in [0.05, 0.1) is 6.61 Å². The maximum Gasteiger partial charge on any atom is 0.388 e. The zero-order valence-corrected chi connectivity index (χ0v) is 10.4. The maximum absolute atomic E-state index is 11.7. The largest absolute Gasteiger partial charge is 0.461 e. The highest BCUT2D eigenvalue weighted by Crippen LogP contribution is 2.24. The van der Waals surface area contributed by atoms with Gasteiger partial charge in [-0.05, 0) is 6.92 Å². The lowest BCUT2D eigenvalue weighted by atomic mass is 9.88. The van der Waals surface area contributed by atoms with Gasteiger partial charge in [-0.3, -0.25) is 14.9 Å². The van der Waals surface area contributed by atoms with Gasteiger partial charge in [-0.15, -0.1) is 0 Å². The molecule has 0 aromatic carbocycles. The van der Waals surface area contributed by atoms with Crippen LogP contribution in [0.2, 0.25) is 0 Å². The molecule has 7 heteroatoms. The average molecular weight is 247 g/mol. The highest BCUT2D eigenvalue weighted by atomic mass is 16.6. The fraction of sp³-hybridized carbons (Fsp3) is 0.800. The molecule has 0 saturated heterocycles. The van der Waals surface area contributed by atoms with Crippen LogP contribution >= 0.6 is 0 Å². The summed E-state index contributed by atoms with van der Waals surface area (Å²) in [5.41, 5.74) is -2.04. The Morgan fingerprint density at radius 1 is 1.35 bits per heavy atom. The van der Waals surface area contributed by atoms with Crippen molar-refractivity contribution in [1.29, 1.82) is 0 Å². The van der Waals surface area contributed by atoms with E-state index < -0.39 is 34.9 Å². The number of carbonyl (C=O) groups excluding carboxylic acids is 2. The van der Waals surface area contributed by atoms with Gasteiger partial charge in [-0.2, -0.15) is 0 Å². The molecule has 7 nitrogen and oxygen atoms in total. The topological polar surface area (TPSA) is 95.7 Å². The summed E-state index contributed by atoms with van der Waals surface area (Å²) in [6.45, 7) is 5.09. The minimum Gasteiger partial charge on any atom is -0.461 e. The Morgan fingerprint density at radius 2 is 1.88 bits per heavy atom. The van der Waals surface area contributed by atoms with Crippen LogP contribution in [0.5, 0.6) is 0 Å². The fourth-order valence-corrected chi connectivity index (χ4v) is 1.27. The molecule has 0 amide bonds. The highest BCUT2D eigenvalue weighted by molar-refractivity contribution is 5.80. The summed E-state index contributed by atoms with van der Waals surface area (Å²) >= 11 is 0. The Hall–Kier alpha value is -1.66. The first-order valence-corrected chi connectivity index (χ1v) is 5.24. The van der Waals surface area contributed by atoms with Crippen LogP contribution in [0.4, 0.5) is 0 Å². The van der Waals surface area contributed by atoms with E-state index >= 15 is 0 Å². The number of carbonyl (C=O) groups is 2. The van der Waals surface area contributed by atoms with Gasteiger partial charge in [0.15, 0.2) is 6.61 Å². The molecular formula is C10H17NO6. The fourth-order valence-electron chi connectivity index (χ4n) is 1.27. The first-order valence-electron chi connectivity index (χ1n) is 5.24. The predicted molar refractivity (Wildman–Crippen MR) is 57.8 cm³/mol. The quantitative estimate of drug-likeness (QED) is 0.391. The van der Waals surface area contributed by atoms with Crippen molar-refractivity contribution in [3.8, 4) is 0 Å². The first kappa shape index (κ1) is 15.3. The molecule has 1 unspecified atom stereocenters. The summed E-state index contributed by atoms with van der Waals surface area (Å²) < 4.78 is 9.31. The van der Waals surface area contributed by atoms with Gasteiger partial charge in [0, 0.05) is 17.8 Å². The Labute approximate surface area is 99.2 Å². The van der Waals surface area contributed by atoms with E-state index in [4.69, 9.17) is 4.74 Å². The number of nitrogens with zero attached hydrogens (tertiary/aromatic N) is 1. The predicted octanol–water partition coefficient (Wildman–Crippen LogP) is 0.784. The van der Waals surface area contributed by atoms with E-state index in [0.717, 1.165) is 6.92 Å². The van der Waals surface area contributed by atoms with Crippen LogP contribution in [-0.4, -0.2) is 35.6 Å². The molecule has 0 spiro atoms. The van der Waals surface area contributed by atoms with Crippen LogP contribution in [0, 0.1) is 16.0 Å². The Kier molecular flexibility index (Phi) is 5.57. The molecule has 0 aliphatic carbocycles. The third-order valence-corrected chi connectivity index (χ3v) is 2.41. The molecule has 0 fully saturated rings. The Balaban J connectivity index is 5.20. The smallest absolute Gasteiger partial charge is 0.388 e. The number of rotatable bonds is 6. The van der Waals surface area contributed by atoms with Gasteiger partial charge in [0.25, 0.3) is 0 Å². The summed E-state index contributed by atoms with van der Waals surface area (Å²) in [5.74, 6) is -2.32. The highest BCUT2D eigenvalue weighted by Gasteiger charge is 2.56. The number of esters is 2. The first-order chi connectivity index (χ1) is 7.78. The normalized spacial score (nSPS) is 13.9. The lowest BCUT2D eigenvalue weighted by Gasteiger charge is -2.25. The third-order valence-electron chi connectivity index (χ3n) is 2.41. The van der Waals surface area contributed by atoms with E-state index in [2.05, 4.69) is 4.74 Å². The molecule has 0 heterocycles. The summed E-state index contributed by atoms with van der Waals surface area (Å²) in [6, 6.07) is 0. The number of nitro groups is 1. The van der Waals surface area contributed by atoms with Gasteiger partial charge in [-0.1, -0.05) is 13.8 Å². The summed E-state index contributed by atoms with van der Waals surface area (Å²) in [5, 5.41) is 11.1. The lowest BCUT2D eigenvalue weighted by molar-refractivity contribution is -0.567. The monoisotopic (exact) mass is 247 g/mol. The maximum atomic E-state index is 11.7. The van der Waals surface area contributed by atoms with E-state index in [1.54, 1.807) is 6.92 Å². The molecule has 0 aromatic rings. The second-order valence-corrected chi connectivity index (χ2v) is 3.84. The zero-order chi connectivity index (χ0) is 13.6. The second kappa shape index (κ2) is 6.17. The van der Waals surface area contributed by atoms with E-state index in [1.165, 1.54) is 13.8 Å². The van der Waals surface area contributed by atoms with Gasteiger partial charge < -0.3 is 9.47 Å². The average Bonchev–Trinajstić information content (AvgIpc) is 2.17. The van der Waals surface area contributed by atoms with Crippen LogP contribution < -0.4 is 0 Å². The van der Waals surface area contributed by atoms with Crippen molar-refractivity contribution in [2.24, 2.45) is 5.92 Å². The lowest BCUT2D eigenvalue weighted by Crippen LogP contribution is -2.55. The van der Waals surface area contributed by atoms with Crippen molar-refractivity contribution in [1.82, 2.24) is 0 Å². The molecule has 98 valence electrons. The Bertz CT molecular complexity index is 314. The minimum absolute atomic E-state index is 0.0290. The van der Waals surface area contributed by atoms with Gasteiger partial charge >= 0.3 is 17.5 Å². The molecule has 0 bridgehead atoms. The van der Waals surface area contributed by atoms with Crippen LogP contribution in [0.15, 0.2) is 0 Å². The van der Waals surface area contributed by atoms with Gasteiger partial charge in [0.2, 0.25) is 0 Å². The number of hydrogen-bond acceptors (Lipinski definition) is 6. The minimum atomic E-state index is -2.04.